The standard InChI is InChI=1S/C24H23F3N8/c25-24(26,27)14-35-11-19-21(32-35)29-15-30-22(19)34-6-4-23(13-34)3-5-33(12-23)10-16-1-2-17-8-18(9-28)31-20(17)7-16/h1-2,7-8,11,15,31H,3-6,10,12-14H2. The Morgan fingerprint density at radius 1 is 1.11 bits per heavy atom. The fraction of sp³-hybridized carbons (Fsp3) is 0.417. The molecule has 0 radical (unpaired) electrons. The topological polar surface area (TPSA) is 89.7 Å². The SMILES string of the molecule is N#Cc1cc2ccc(CN3CCC4(CCN(c5ncnc6nn(CC(F)(F)F)cc56)C4)C3)cc2[nH]1. The molecule has 180 valence electrons. The van der Waals surface area contributed by atoms with Gasteiger partial charge in [-0.1, -0.05) is 12.1 Å². The van der Waals surface area contributed by atoms with Crippen molar-refractivity contribution in [3.8, 4) is 6.07 Å². The smallest absolute Gasteiger partial charge is 0.355 e. The van der Waals surface area contributed by atoms with Crippen LogP contribution in [-0.2, 0) is 13.1 Å². The van der Waals surface area contributed by atoms with Crippen LogP contribution in [0, 0.1) is 16.7 Å². The van der Waals surface area contributed by atoms with Gasteiger partial charge in [-0.2, -0.15) is 23.5 Å². The molecule has 0 saturated carbocycles. The molecular formula is C24H23F3N8. The quantitative estimate of drug-likeness (QED) is 0.477. The molecule has 1 atom stereocenters. The van der Waals surface area contributed by atoms with E-state index in [0.717, 1.165) is 61.2 Å². The van der Waals surface area contributed by atoms with Crippen molar-refractivity contribution in [1.82, 2.24) is 29.6 Å². The summed E-state index contributed by atoms with van der Waals surface area (Å²) in [5.41, 5.74) is 3.15. The van der Waals surface area contributed by atoms with Crippen molar-refractivity contribution in [2.75, 3.05) is 31.1 Å². The third-order valence-corrected chi connectivity index (χ3v) is 7.15. The van der Waals surface area contributed by atoms with Crippen LogP contribution in [0.2, 0.25) is 0 Å². The largest absolute Gasteiger partial charge is 0.408 e. The molecule has 11 heteroatoms. The minimum absolute atomic E-state index is 0.129. The highest BCUT2D eigenvalue weighted by atomic mass is 19.4. The van der Waals surface area contributed by atoms with E-state index in [1.165, 1.54) is 18.1 Å². The predicted octanol–water partition coefficient (Wildman–Crippen LogP) is 3.84. The lowest BCUT2D eigenvalue weighted by Crippen LogP contribution is -2.31. The van der Waals surface area contributed by atoms with Crippen LogP contribution in [0.15, 0.2) is 36.8 Å². The molecule has 5 heterocycles. The molecular weight excluding hydrogens is 457 g/mol. The number of halogens is 3. The van der Waals surface area contributed by atoms with E-state index in [0.29, 0.717) is 16.9 Å². The van der Waals surface area contributed by atoms with Crippen LogP contribution in [0.25, 0.3) is 21.9 Å². The van der Waals surface area contributed by atoms with E-state index in [2.05, 4.69) is 48.1 Å². The molecule has 0 aliphatic carbocycles. The minimum Gasteiger partial charge on any atom is -0.355 e. The van der Waals surface area contributed by atoms with Crippen LogP contribution >= 0.6 is 0 Å². The number of fused-ring (bicyclic) bond motifs is 2. The van der Waals surface area contributed by atoms with Crippen molar-refractivity contribution < 1.29 is 13.2 Å². The second kappa shape index (κ2) is 7.95. The van der Waals surface area contributed by atoms with E-state index in [4.69, 9.17) is 5.26 Å². The second-order valence-electron chi connectivity index (χ2n) is 9.73. The number of rotatable bonds is 4. The molecule has 2 saturated heterocycles. The molecule has 0 bridgehead atoms. The first kappa shape index (κ1) is 21.9. The van der Waals surface area contributed by atoms with Crippen molar-refractivity contribution in [3.63, 3.8) is 0 Å². The molecule has 6 rings (SSSR count). The summed E-state index contributed by atoms with van der Waals surface area (Å²) in [6.07, 6.45) is 0.507. The minimum atomic E-state index is -4.34. The Morgan fingerprint density at radius 2 is 1.97 bits per heavy atom. The summed E-state index contributed by atoms with van der Waals surface area (Å²) in [6.45, 7) is 3.24. The lowest BCUT2D eigenvalue weighted by atomic mass is 9.86. The maximum Gasteiger partial charge on any atom is 0.408 e. The Bertz CT molecular complexity index is 1450. The predicted molar refractivity (Wildman–Crippen MR) is 124 cm³/mol. The van der Waals surface area contributed by atoms with Crippen molar-refractivity contribution in [3.05, 3.63) is 48.0 Å². The molecule has 2 fully saturated rings. The molecule has 2 aliphatic rings. The average molecular weight is 480 g/mol. The van der Waals surface area contributed by atoms with E-state index in [-0.39, 0.29) is 11.1 Å². The summed E-state index contributed by atoms with van der Waals surface area (Å²) >= 11 is 0. The summed E-state index contributed by atoms with van der Waals surface area (Å²) in [5.74, 6) is 0.657. The van der Waals surface area contributed by atoms with Gasteiger partial charge in [-0.25, -0.2) is 9.97 Å². The molecule has 1 spiro atoms. The van der Waals surface area contributed by atoms with Gasteiger partial charge in [-0.15, -0.1) is 0 Å². The number of H-pyrrole nitrogens is 1. The van der Waals surface area contributed by atoms with Gasteiger partial charge in [-0.05, 0) is 37.1 Å². The molecule has 3 aromatic heterocycles. The number of aromatic amines is 1. The van der Waals surface area contributed by atoms with Crippen LogP contribution in [0.1, 0.15) is 24.1 Å². The normalized spacial score (nSPS) is 21.0. The first-order chi connectivity index (χ1) is 16.8. The summed E-state index contributed by atoms with van der Waals surface area (Å²) in [7, 11) is 0. The lowest BCUT2D eigenvalue weighted by molar-refractivity contribution is -0.142. The number of nitrogens with zero attached hydrogens (tertiary/aromatic N) is 7. The number of anilines is 1. The molecule has 4 aromatic rings. The highest BCUT2D eigenvalue weighted by Crippen LogP contribution is 2.42. The Balaban J connectivity index is 1.16. The number of hydrogen-bond acceptors (Lipinski definition) is 6. The number of alkyl halides is 3. The van der Waals surface area contributed by atoms with Gasteiger partial charge in [0.05, 0.1) is 5.39 Å². The number of nitrogens with one attached hydrogen (secondary N) is 1. The number of benzene rings is 1. The average Bonchev–Trinajstić information content (AvgIpc) is 3.58. The Labute approximate surface area is 199 Å². The zero-order valence-electron chi connectivity index (χ0n) is 18.9. The maximum atomic E-state index is 12.8. The van der Waals surface area contributed by atoms with Crippen molar-refractivity contribution in [2.45, 2.75) is 32.1 Å². The Hall–Kier alpha value is -3.65. The fourth-order valence-electron chi connectivity index (χ4n) is 5.59. The number of nitriles is 1. The first-order valence-electron chi connectivity index (χ1n) is 11.5. The molecule has 2 aliphatic heterocycles. The van der Waals surface area contributed by atoms with Crippen LogP contribution < -0.4 is 4.90 Å². The number of aromatic nitrogens is 5. The fourth-order valence-corrected chi connectivity index (χ4v) is 5.59. The van der Waals surface area contributed by atoms with Gasteiger partial charge in [0.1, 0.15) is 30.5 Å². The van der Waals surface area contributed by atoms with Crippen molar-refractivity contribution in [2.24, 2.45) is 5.41 Å². The van der Waals surface area contributed by atoms with Crippen LogP contribution in [0.4, 0.5) is 19.0 Å². The van der Waals surface area contributed by atoms with E-state index in [1.54, 1.807) is 0 Å². The Morgan fingerprint density at radius 3 is 2.80 bits per heavy atom. The summed E-state index contributed by atoms with van der Waals surface area (Å²) in [6, 6.07) is 10.3. The molecule has 1 aromatic carbocycles. The van der Waals surface area contributed by atoms with E-state index in [9.17, 15) is 13.2 Å². The van der Waals surface area contributed by atoms with Gasteiger partial charge in [0.15, 0.2) is 5.65 Å². The number of likely N-dealkylation sites (tertiary alicyclic amines) is 1. The highest BCUT2D eigenvalue weighted by molar-refractivity contribution is 5.86. The van der Waals surface area contributed by atoms with Gasteiger partial charge in [0, 0.05) is 48.7 Å². The lowest BCUT2D eigenvalue weighted by Gasteiger charge is -2.25. The first-order valence-corrected chi connectivity index (χ1v) is 11.5. The van der Waals surface area contributed by atoms with Crippen molar-refractivity contribution >= 4 is 27.8 Å². The third kappa shape index (κ3) is 4.18. The second-order valence-corrected chi connectivity index (χ2v) is 9.73. The van der Waals surface area contributed by atoms with Crippen LogP contribution in [0.3, 0.4) is 0 Å². The monoisotopic (exact) mass is 480 g/mol. The zero-order chi connectivity index (χ0) is 24.2. The van der Waals surface area contributed by atoms with Gasteiger partial charge >= 0.3 is 6.18 Å². The van der Waals surface area contributed by atoms with Gasteiger partial charge in [-0.3, -0.25) is 9.58 Å². The van der Waals surface area contributed by atoms with Gasteiger partial charge < -0.3 is 9.88 Å². The Kier molecular flexibility index (Phi) is 4.96. The van der Waals surface area contributed by atoms with Gasteiger partial charge in [0.25, 0.3) is 0 Å². The zero-order valence-corrected chi connectivity index (χ0v) is 18.9. The number of hydrogen-bond donors (Lipinski definition) is 1. The van der Waals surface area contributed by atoms with E-state index >= 15 is 0 Å². The van der Waals surface area contributed by atoms with E-state index in [1.807, 2.05) is 12.1 Å². The summed E-state index contributed by atoms with van der Waals surface area (Å²) < 4.78 is 39.4. The van der Waals surface area contributed by atoms with Crippen molar-refractivity contribution in [1.29, 1.82) is 5.26 Å². The third-order valence-electron chi connectivity index (χ3n) is 7.15. The molecule has 8 nitrogen and oxygen atoms in total. The molecule has 1 unspecified atom stereocenters. The molecule has 1 N–H and O–H groups in total. The van der Waals surface area contributed by atoms with Crippen LogP contribution in [0.5, 0.6) is 0 Å². The maximum absolute atomic E-state index is 12.8. The van der Waals surface area contributed by atoms with Crippen LogP contribution in [-0.4, -0.2) is 62.0 Å². The summed E-state index contributed by atoms with van der Waals surface area (Å²) in [4.78, 5) is 16.3. The van der Waals surface area contributed by atoms with E-state index < -0.39 is 12.7 Å². The summed E-state index contributed by atoms with van der Waals surface area (Å²) in [5, 5.41) is 14.7. The van der Waals surface area contributed by atoms with Gasteiger partial charge in [0.2, 0.25) is 0 Å². The highest BCUT2D eigenvalue weighted by Gasteiger charge is 2.44. The molecule has 0 amide bonds. The molecule has 35 heavy (non-hydrogen) atoms.